The third-order valence-electron chi connectivity index (χ3n) is 10.5. The number of para-hydroxylation sites is 1. The third-order valence-corrected chi connectivity index (χ3v) is 11.8. The van der Waals surface area contributed by atoms with Gasteiger partial charge in [-0.05, 0) is 69.8 Å². The molecule has 262 valence electrons. The van der Waals surface area contributed by atoms with Gasteiger partial charge in [-0.15, -0.1) is 11.3 Å². The van der Waals surface area contributed by atoms with E-state index in [2.05, 4.69) is 127 Å². The van der Waals surface area contributed by atoms with Crippen LogP contribution in [-0.2, 0) is 0 Å². The topological polar surface area (TPSA) is 51.8 Å². The van der Waals surface area contributed by atoms with Crippen LogP contribution in [0.2, 0.25) is 0 Å². The molecule has 0 fully saturated rings. The molecule has 0 spiro atoms. The quantitative estimate of drug-likeness (QED) is 0.171. The summed E-state index contributed by atoms with van der Waals surface area (Å²) >= 11 is 1.79. The van der Waals surface area contributed by atoms with Crippen LogP contribution in [0.1, 0.15) is 0 Å². The van der Waals surface area contributed by atoms with Crippen molar-refractivity contribution in [2.75, 3.05) is 0 Å². The predicted octanol–water partition coefficient (Wildman–Crippen LogP) is 14.1. The molecule has 0 aliphatic rings. The summed E-state index contributed by atoms with van der Waals surface area (Å²) in [6.07, 6.45) is 0. The smallest absolute Gasteiger partial charge is 0.165 e. The van der Waals surface area contributed by atoms with Gasteiger partial charge < -0.3 is 4.42 Å². The Morgan fingerprint density at radius 3 is 1.61 bits per heavy atom. The van der Waals surface area contributed by atoms with Crippen LogP contribution in [0.4, 0.5) is 0 Å². The largest absolute Gasteiger partial charge is 0.456 e. The summed E-state index contributed by atoms with van der Waals surface area (Å²) in [7, 11) is 0. The summed E-state index contributed by atoms with van der Waals surface area (Å²) in [5.74, 6) is 1.88. The van der Waals surface area contributed by atoms with Crippen molar-refractivity contribution in [2.24, 2.45) is 0 Å². The number of nitrogens with zero attached hydrogens (tertiary/aromatic N) is 3. The van der Waals surface area contributed by atoms with Gasteiger partial charge in [-0.3, -0.25) is 0 Å². The fraction of sp³-hybridized carbons (Fsp3) is 0. The molecule has 3 heterocycles. The van der Waals surface area contributed by atoms with Gasteiger partial charge in [0.1, 0.15) is 11.2 Å². The number of rotatable bonds is 6. The molecule has 0 aliphatic heterocycles. The zero-order valence-electron chi connectivity index (χ0n) is 30.1. The normalized spacial score (nSPS) is 11.6. The minimum Gasteiger partial charge on any atom is -0.456 e. The van der Waals surface area contributed by atoms with E-state index in [0.29, 0.717) is 17.5 Å². The molecule has 0 atom stereocenters. The first kappa shape index (κ1) is 32.2. The van der Waals surface area contributed by atoms with Gasteiger partial charge >= 0.3 is 0 Å². The van der Waals surface area contributed by atoms with Gasteiger partial charge in [0.15, 0.2) is 17.5 Å². The van der Waals surface area contributed by atoms with E-state index >= 15 is 0 Å². The Labute approximate surface area is 327 Å². The molecule has 0 saturated heterocycles. The van der Waals surface area contributed by atoms with Crippen LogP contribution in [0.5, 0.6) is 0 Å². The van der Waals surface area contributed by atoms with Gasteiger partial charge in [-0.25, -0.2) is 15.0 Å². The zero-order valence-corrected chi connectivity index (χ0v) is 30.9. The molecule has 0 unspecified atom stereocenters. The fourth-order valence-electron chi connectivity index (χ4n) is 7.84. The summed E-state index contributed by atoms with van der Waals surface area (Å²) in [6.45, 7) is 0. The molecular weight excluding hydrogens is 703 g/mol. The molecule has 0 N–H and O–H groups in total. The zero-order chi connectivity index (χ0) is 37.0. The molecule has 8 aromatic carbocycles. The molecule has 4 nitrogen and oxygen atoms in total. The Hall–Kier alpha value is -7.21. The van der Waals surface area contributed by atoms with Crippen molar-refractivity contribution >= 4 is 53.4 Å². The summed E-state index contributed by atoms with van der Waals surface area (Å²) in [6, 6.07) is 65.8. The second-order valence-electron chi connectivity index (χ2n) is 14.0. The molecule has 0 radical (unpaired) electrons. The van der Waals surface area contributed by atoms with Gasteiger partial charge in [0.25, 0.3) is 0 Å². The summed E-state index contributed by atoms with van der Waals surface area (Å²) in [5, 5.41) is 4.44. The van der Waals surface area contributed by atoms with Crippen LogP contribution in [0.15, 0.2) is 192 Å². The van der Waals surface area contributed by atoms with Crippen LogP contribution >= 0.6 is 11.3 Å². The maximum absolute atomic E-state index is 6.26. The number of thiophene rings is 1. The number of aromatic nitrogens is 3. The number of hydrogen-bond acceptors (Lipinski definition) is 5. The highest BCUT2D eigenvalue weighted by molar-refractivity contribution is 7.26. The number of fused-ring (bicyclic) bond motifs is 6. The standard InChI is InChI=1S/C51H31N3OS/c1-3-13-32(14-4-1)34-17-9-18-35(29-34)36-19-10-20-37(30-36)38-27-28-39-40-22-11-24-43(48(40)56-46(39)31-38)51-53-49(33-15-5-2-6-16-33)52-50(54-51)42-23-12-26-45-47(42)41-21-7-8-25-44(41)55-45/h1-31H. The molecule has 11 aromatic rings. The summed E-state index contributed by atoms with van der Waals surface area (Å²) in [5.41, 5.74) is 11.7. The van der Waals surface area contributed by atoms with Crippen LogP contribution in [0.3, 0.4) is 0 Å². The van der Waals surface area contributed by atoms with Crippen molar-refractivity contribution in [3.8, 4) is 67.5 Å². The Bertz CT molecular complexity index is 3260. The minimum absolute atomic E-state index is 0.612. The van der Waals surface area contributed by atoms with E-state index in [1.807, 2.05) is 60.7 Å². The van der Waals surface area contributed by atoms with Crippen molar-refractivity contribution in [3.63, 3.8) is 0 Å². The summed E-state index contributed by atoms with van der Waals surface area (Å²) in [4.78, 5) is 15.5. The lowest BCUT2D eigenvalue weighted by Crippen LogP contribution is -2.00. The Kier molecular flexibility index (Phi) is 7.64. The van der Waals surface area contributed by atoms with Gasteiger partial charge in [-0.1, -0.05) is 152 Å². The monoisotopic (exact) mass is 733 g/mol. The van der Waals surface area contributed by atoms with Crippen molar-refractivity contribution < 1.29 is 4.42 Å². The molecule has 0 saturated carbocycles. The van der Waals surface area contributed by atoms with E-state index < -0.39 is 0 Å². The van der Waals surface area contributed by atoms with E-state index in [1.54, 1.807) is 11.3 Å². The number of furan rings is 1. The first-order chi connectivity index (χ1) is 27.7. The molecular formula is C51H31N3OS. The highest BCUT2D eigenvalue weighted by Crippen LogP contribution is 2.42. The molecule has 11 rings (SSSR count). The van der Waals surface area contributed by atoms with E-state index in [9.17, 15) is 0 Å². The van der Waals surface area contributed by atoms with Gasteiger partial charge in [0.2, 0.25) is 0 Å². The van der Waals surface area contributed by atoms with Crippen molar-refractivity contribution in [2.45, 2.75) is 0 Å². The Morgan fingerprint density at radius 2 is 0.857 bits per heavy atom. The fourth-order valence-corrected chi connectivity index (χ4v) is 9.09. The van der Waals surface area contributed by atoms with E-state index in [0.717, 1.165) is 43.3 Å². The van der Waals surface area contributed by atoms with Gasteiger partial charge in [0.05, 0.1) is 0 Å². The molecule has 0 aliphatic carbocycles. The van der Waals surface area contributed by atoms with E-state index in [-0.39, 0.29) is 0 Å². The number of hydrogen-bond donors (Lipinski definition) is 0. The lowest BCUT2D eigenvalue weighted by Gasteiger charge is -2.10. The molecule has 3 aromatic heterocycles. The van der Waals surface area contributed by atoms with Crippen molar-refractivity contribution in [1.29, 1.82) is 0 Å². The third kappa shape index (κ3) is 5.56. The lowest BCUT2D eigenvalue weighted by molar-refractivity contribution is 0.669. The second kappa shape index (κ2) is 13.3. The highest BCUT2D eigenvalue weighted by Gasteiger charge is 2.20. The van der Waals surface area contributed by atoms with Crippen LogP contribution in [-0.4, -0.2) is 15.0 Å². The van der Waals surface area contributed by atoms with Crippen molar-refractivity contribution in [3.05, 3.63) is 188 Å². The minimum atomic E-state index is 0.612. The van der Waals surface area contributed by atoms with Crippen LogP contribution < -0.4 is 0 Å². The van der Waals surface area contributed by atoms with Crippen molar-refractivity contribution in [1.82, 2.24) is 15.0 Å². The SMILES string of the molecule is c1ccc(-c2cccc(-c3cccc(-c4ccc5c(c4)sc4c(-c6nc(-c7ccccc7)nc(-c7cccc8oc9ccccc9c78)n6)cccc45)c3)c2)cc1. The van der Waals surface area contributed by atoms with Crippen LogP contribution in [0.25, 0.3) is 110 Å². The Morgan fingerprint density at radius 1 is 0.339 bits per heavy atom. The average Bonchev–Trinajstić information content (AvgIpc) is 3.85. The highest BCUT2D eigenvalue weighted by atomic mass is 32.1. The van der Waals surface area contributed by atoms with Gasteiger partial charge in [0, 0.05) is 47.6 Å². The molecule has 0 bridgehead atoms. The van der Waals surface area contributed by atoms with E-state index in [4.69, 9.17) is 19.4 Å². The first-order valence-corrected chi connectivity index (χ1v) is 19.5. The van der Waals surface area contributed by atoms with E-state index in [1.165, 1.54) is 48.9 Å². The predicted molar refractivity (Wildman–Crippen MR) is 233 cm³/mol. The second-order valence-corrected chi connectivity index (χ2v) is 15.0. The maximum Gasteiger partial charge on any atom is 0.165 e. The lowest BCUT2D eigenvalue weighted by atomic mass is 9.96. The Balaban J connectivity index is 1.03. The van der Waals surface area contributed by atoms with Crippen LogP contribution in [0, 0.1) is 0 Å². The molecule has 5 heteroatoms. The first-order valence-electron chi connectivity index (χ1n) is 18.7. The number of benzene rings is 8. The average molecular weight is 734 g/mol. The maximum atomic E-state index is 6.26. The summed E-state index contributed by atoms with van der Waals surface area (Å²) < 4.78 is 8.62. The molecule has 0 amide bonds. The molecule has 56 heavy (non-hydrogen) atoms. The van der Waals surface area contributed by atoms with Gasteiger partial charge in [-0.2, -0.15) is 0 Å².